The van der Waals surface area contributed by atoms with Gasteiger partial charge in [0.25, 0.3) is 0 Å². The first-order valence-corrected chi connectivity index (χ1v) is 6.81. The van der Waals surface area contributed by atoms with Crippen LogP contribution in [0, 0.1) is 0 Å². The van der Waals surface area contributed by atoms with Crippen LogP contribution in [0.3, 0.4) is 0 Å². The van der Waals surface area contributed by atoms with Gasteiger partial charge in [0.2, 0.25) is 5.88 Å². The number of nitrogens with zero attached hydrogens (tertiary/aromatic N) is 2. The third-order valence-corrected chi connectivity index (χ3v) is 3.36. The van der Waals surface area contributed by atoms with Crippen LogP contribution in [0.5, 0.6) is 5.88 Å². The first kappa shape index (κ1) is 16.1. The second-order valence-corrected chi connectivity index (χ2v) is 5.05. The second kappa shape index (κ2) is 6.65. The maximum atomic E-state index is 12.1. The van der Waals surface area contributed by atoms with Crippen molar-refractivity contribution < 1.29 is 22.6 Å². The second-order valence-electron chi connectivity index (χ2n) is 4.05. The summed E-state index contributed by atoms with van der Waals surface area (Å²) in [5.41, 5.74) is 0.765. The quantitative estimate of drug-likeness (QED) is 0.819. The smallest absolute Gasteiger partial charge is 0.422 e. The maximum Gasteiger partial charge on any atom is 0.422 e. The van der Waals surface area contributed by atoms with Crippen molar-refractivity contribution in [1.29, 1.82) is 0 Å². The molecule has 118 valence electrons. The molecule has 0 aliphatic rings. The van der Waals surface area contributed by atoms with Gasteiger partial charge in [0.1, 0.15) is 5.01 Å². The van der Waals surface area contributed by atoms with Gasteiger partial charge in [0, 0.05) is 18.0 Å². The SMILES string of the molecule is C=C(Nc1sc(-c2cccnc2)nc1OC)OCC(F)(F)F. The molecule has 9 heteroatoms. The van der Waals surface area contributed by atoms with Crippen molar-refractivity contribution in [2.75, 3.05) is 19.0 Å². The van der Waals surface area contributed by atoms with E-state index in [0.717, 1.165) is 5.56 Å². The van der Waals surface area contributed by atoms with Crippen molar-refractivity contribution in [3.8, 4) is 16.5 Å². The molecule has 0 spiro atoms. The zero-order valence-electron chi connectivity index (χ0n) is 11.5. The number of rotatable bonds is 6. The van der Waals surface area contributed by atoms with E-state index in [1.165, 1.54) is 18.4 Å². The number of aromatic nitrogens is 2. The van der Waals surface area contributed by atoms with E-state index in [1.807, 2.05) is 6.07 Å². The predicted molar refractivity (Wildman–Crippen MR) is 76.7 cm³/mol. The standard InChI is InChI=1S/C13H12F3N3O2S/c1-8(21-7-13(14,15)16)18-12-10(20-2)19-11(22-12)9-4-3-5-17-6-9/h3-6,18H,1,7H2,2H3. The van der Waals surface area contributed by atoms with Gasteiger partial charge in [-0.05, 0) is 18.7 Å². The lowest BCUT2D eigenvalue weighted by Gasteiger charge is -2.12. The van der Waals surface area contributed by atoms with E-state index in [9.17, 15) is 13.2 Å². The minimum atomic E-state index is -4.43. The molecule has 0 fully saturated rings. The molecule has 1 N–H and O–H groups in total. The number of pyridine rings is 1. The summed E-state index contributed by atoms with van der Waals surface area (Å²) in [5, 5.41) is 3.62. The summed E-state index contributed by atoms with van der Waals surface area (Å²) in [5.74, 6) is -0.00220. The molecule has 0 aromatic carbocycles. The fourth-order valence-corrected chi connectivity index (χ4v) is 2.41. The van der Waals surface area contributed by atoms with E-state index in [-0.39, 0.29) is 11.8 Å². The molecule has 0 aliphatic heterocycles. The van der Waals surface area contributed by atoms with Crippen LogP contribution in [0.1, 0.15) is 0 Å². The van der Waals surface area contributed by atoms with Crippen LogP contribution in [0.2, 0.25) is 0 Å². The predicted octanol–water partition coefficient (Wildman–Crippen LogP) is 3.68. The molecule has 0 saturated carbocycles. The van der Waals surface area contributed by atoms with Gasteiger partial charge in [-0.15, -0.1) is 0 Å². The summed E-state index contributed by atoms with van der Waals surface area (Å²) in [4.78, 5) is 8.22. The number of hydrogen-bond acceptors (Lipinski definition) is 6. The number of anilines is 1. The number of nitrogens with one attached hydrogen (secondary N) is 1. The molecule has 0 bridgehead atoms. The van der Waals surface area contributed by atoms with Crippen molar-refractivity contribution in [2.45, 2.75) is 6.18 Å². The average Bonchev–Trinajstić information content (AvgIpc) is 2.88. The summed E-state index contributed by atoms with van der Waals surface area (Å²) in [6.07, 6.45) is -1.18. The zero-order valence-corrected chi connectivity index (χ0v) is 12.3. The lowest BCUT2D eigenvalue weighted by molar-refractivity contribution is -0.164. The van der Waals surface area contributed by atoms with E-state index < -0.39 is 12.8 Å². The molecule has 2 heterocycles. The number of hydrogen-bond donors (Lipinski definition) is 1. The Balaban J connectivity index is 2.11. The van der Waals surface area contributed by atoms with Crippen molar-refractivity contribution in [2.24, 2.45) is 0 Å². The Morgan fingerprint density at radius 3 is 2.82 bits per heavy atom. The van der Waals surface area contributed by atoms with E-state index in [4.69, 9.17) is 4.74 Å². The van der Waals surface area contributed by atoms with E-state index in [0.29, 0.717) is 10.0 Å². The molecule has 0 unspecified atom stereocenters. The lowest BCUT2D eigenvalue weighted by atomic mass is 10.3. The van der Waals surface area contributed by atoms with Gasteiger partial charge in [-0.3, -0.25) is 4.98 Å². The largest absolute Gasteiger partial charge is 0.479 e. The Hall–Kier alpha value is -2.29. The highest BCUT2D eigenvalue weighted by Gasteiger charge is 2.28. The van der Waals surface area contributed by atoms with Gasteiger partial charge in [0.15, 0.2) is 17.5 Å². The van der Waals surface area contributed by atoms with Crippen LogP contribution >= 0.6 is 11.3 Å². The molecule has 0 saturated heterocycles. The summed E-state index contributed by atoms with van der Waals surface area (Å²) < 4.78 is 45.9. The number of ether oxygens (including phenoxy) is 2. The molecule has 22 heavy (non-hydrogen) atoms. The number of methoxy groups -OCH3 is 1. The van der Waals surface area contributed by atoms with E-state index >= 15 is 0 Å². The van der Waals surface area contributed by atoms with Gasteiger partial charge in [-0.1, -0.05) is 11.3 Å². The highest BCUT2D eigenvalue weighted by atomic mass is 32.1. The van der Waals surface area contributed by atoms with Gasteiger partial charge >= 0.3 is 6.18 Å². The Morgan fingerprint density at radius 1 is 1.45 bits per heavy atom. The average molecular weight is 331 g/mol. The van der Waals surface area contributed by atoms with E-state index in [1.54, 1.807) is 18.5 Å². The van der Waals surface area contributed by atoms with Crippen LogP contribution in [0.15, 0.2) is 37.0 Å². The molecule has 0 radical (unpaired) electrons. The van der Waals surface area contributed by atoms with Crippen LogP contribution in [0.25, 0.3) is 10.6 Å². The molecule has 2 aromatic heterocycles. The Kier molecular flexibility index (Phi) is 4.86. The molecule has 0 aliphatic carbocycles. The van der Waals surface area contributed by atoms with Crippen LogP contribution < -0.4 is 10.1 Å². The minimum Gasteiger partial charge on any atom is -0.479 e. The summed E-state index contributed by atoms with van der Waals surface area (Å²) in [6, 6.07) is 3.56. The molecular formula is C13H12F3N3O2S. The third-order valence-electron chi connectivity index (χ3n) is 2.36. The van der Waals surface area contributed by atoms with Crippen LogP contribution in [-0.2, 0) is 4.74 Å². The minimum absolute atomic E-state index is 0.237. The highest BCUT2D eigenvalue weighted by molar-refractivity contribution is 7.19. The normalized spacial score (nSPS) is 11.1. The number of halogens is 3. The molecule has 2 aromatic rings. The summed E-state index contributed by atoms with van der Waals surface area (Å²) in [6.45, 7) is 1.97. The van der Waals surface area contributed by atoms with Gasteiger partial charge in [0.05, 0.1) is 7.11 Å². The number of alkyl halides is 3. The van der Waals surface area contributed by atoms with Crippen LogP contribution in [0.4, 0.5) is 18.2 Å². The monoisotopic (exact) mass is 331 g/mol. The molecule has 2 rings (SSSR count). The molecule has 0 amide bonds. The Bertz CT molecular complexity index is 644. The van der Waals surface area contributed by atoms with Gasteiger partial charge < -0.3 is 14.8 Å². The topological polar surface area (TPSA) is 56.3 Å². The third kappa shape index (κ3) is 4.35. The highest BCUT2D eigenvalue weighted by Crippen LogP contribution is 2.37. The first-order valence-electron chi connectivity index (χ1n) is 6.00. The van der Waals surface area contributed by atoms with Crippen molar-refractivity contribution in [3.63, 3.8) is 0 Å². The van der Waals surface area contributed by atoms with Crippen LogP contribution in [-0.4, -0.2) is 29.9 Å². The van der Waals surface area contributed by atoms with Crippen molar-refractivity contribution in [1.82, 2.24) is 9.97 Å². The summed E-state index contributed by atoms with van der Waals surface area (Å²) in [7, 11) is 1.41. The molecule has 0 atom stereocenters. The first-order chi connectivity index (χ1) is 10.4. The fourth-order valence-electron chi connectivity index (χ4n) is 1.47. The molecular weight excluding hydrogens is 319 g/mol. The van der Waals surface area contributed by atoms with Crippen molar-refractivity contribution in [3.05, 3.63) is 37.0 Å². The lowest BCUT2D eigenvalue weighted by Crippen LogP contribution is -2.18. The Morgan fingerprint density at radius 2 is 2.23 bits per heavy atom. The van der Waals surface area contributed by atoms with Crippen molar-refractivity contribution >= 4 is 16.3 Å². The summed E-state index contributed by atoms with van der Waals surface area (Å²) >= 11 is 1.19. The van der Waals surface area contributed by atoms with Gasteiger partial charge in [-0.2, -0.15) is 18.2 Å². The number of thiazole rings is 1. The molecule has 5 nitrogen and oxygen atoms in total. The van der Waals surface area contributed by atoms with E-state index in [2.05, 4.69) is 26.6 Å². The zero-order chi connectivity index (χ0) is 16.2. The Labute approximate surface area is 128 Å². The maximum absolute atomic E-state index is 12.1. The van der Waals surface area contributed by atoms with Gasteiger partial charge in [-0.25, -0.2) is 0 Å². The fraction of sp³-hybridized carbons (Fsp3) is 0.231.